The molecule has 5 nitrogen and oxygen atoms in total. The van der Waals surface area contributed by atoms with Crippen LogP contribution >= 0.6 is 0 Å². The molecule has 0 radical (unpaired) electrons. The fourth-order valence-electron chi connectivity index (χ4n) is 2.10. The van der Waals surface area contributed by atoms with Gasteiger partial charge in [-0.05, 0) is 31.5 Å². The highest BCUT2D eigenvalue weighted by Gasteiger charge is 2.25. The van der Waals surface area contributed by atoms with E-state index >= 15 is 0 Å². The summed E-state index contributed by atoms with van der Waals surface area (Å²) in [7, 11) is 0. The van der Waals surface area contributed by atoms with E-state index in [1.807, 2.05) is 0 Å². The zero-order valence-electron chi connectivity index (χ0n) is 10.7. The first-order chi connectivity index (χ1) is 8.88. The molecule has 6 heteroatoms. The molecule has 2 rings (SSSR count). The van der Waals surface area contributed by atoms with Crippen LogP contribution in [0.25, 0.3) is 0 Å². The van der Waals surface area contributed by atoms with Crippen LogP contribution in [-0.4, -0.2) is 30.0 Å². The van der Waals surface area contributed by atoms with Crippen LogP contribution < -0.4 is 10.2 Å². The number of rotatable bonds is 2. The van der Waals surface area contributed by atoms with Crippen LogP contribution in [0.5, 0.6) is 0 Å². The summed E-state index contributed by atoms with van der Waals surface area (Å²) in [5.74, 6) is -1.24. The fraction of sp³-hybridized carbons (Fsp3) is 0.385. The van der Waals surface area contributed by atoms with Crippen molar-refractivity contribution < 1.29 is 19.1 Å². The van der Waals surface area contributed by atoms with Crippen molar-refractivity contribution in [2.75, 3.05) is 18.0 Å². The lowest BCUT2D eigenvalue weighted by Crippen LogP contribution is -2.51. The molecule has 1 fully saturated rings. The van der Waals surface area contributed by atoms with Crippen molar-refractivity contribution in [2.24, 2.45) is 0 Å². The van der Waals surface area contributed by atoms with E-state index in [4.69, 9.17) is 0 Å². The van der Waals surface area contributed by atoms with Crippen molar-refractivity contribution in [3.8, 4) is 0 Å². The number of anilines is 1. The van der Waals surface area contributed by atoms with Crippen LogP contribution in [-0.2, 0) is 9.59 Å². The van der Waals surface area contributed by atoms with Gasteiger partial charge >= 0.3 is 0 Å². The summed E-state index contributed by atoms with van der Waals surface area (Å²) in [6.45, 7) is 3.13. The number of benzene rings is 1. The monoisotopic (exact) mass is 266 g/mol. The Morgan fingerprint density at radius 2 is 1.89 bits per heavy atom. The molecule has 1 aliphatic heterocycles. The summed E-state index contributed by atoms with van der Waals surface area (Å²) in [6, 6.07) is 2.79. The van der Waals surface area contributed by atoms with Crippen molar-refractivity contribution in [3.63, 3.8) is 0 Å². The van der Waals surface area contributed by atoms with Gasteiger partial charge in [0.15, 0.2) is 0 Å². The molecule has 2 N–H and O–H groups in total. The SMILES string of the molecule is Cc1cc(N2CC(=O)NC(=O)C2)c(C(C)O)cc1F. The van der Waals surface area contributed by atoms with Crippen LogP contribution in [0, 0.1) is 12.7 Å². The lowest BCUT2D eigenvalue weighted by molar-refractivity contribution is -0.130. The predicted molar refractivity (Wildman–Crippen MR) is 67.1 cm³/mol. The molecule has 0 saturated carbocycles. The molecule has 1 aliphatic rings. The molecule has 0 bridgehead atoms. The Morgan fingerprint density at radius 1 is 1.32 bits per heavy atom. The second-order valence-corrected chi connectivity index (χ2v) is 4.66. The third-order valence-corrected chi connectivity index (χ3v) is 3.05. The zero-order valence-corrected chi connectivity index (χ0v) is 10.7. The van der Waals surface area contributed by atoms with Crippen molar-refractivity contribution in [1.29, 1.82) is 0 Å². The second-order valence-electron chi connectivity index (χ2n) is 4.66. The number of aliphatic hydroxyl groups excluding tert-OH is 1. The molecule has 1 unspecified atom stereocenters. The van der Waals surface area contributed by atoms with Crippen molar-refractivity contribution in [3.05, 3.63) is 29.1 Å². The maximum Gasteiger partial charge on any atom is 0.246 e. The molecule has 19 heavy (non-hydrogen) atoms. The number of halogens is 1. The van der Waals surface area contributed by atoms with Gasteiger partial charge in [0.1, 0.15) is 5.82 Å². The van der Waals surface area contributed by atoms with E-state index in [0.717, 1.165) is 0 Å². The number of imide groups is 1. The number of carbonyl (C=O) groups excluding carboxylic acids is 2. The molecule has 0 spiro atoms. The fourth-order valence-corrected chi connectivity index (χ4v) is 2.10. The Labute approximate surface area is 110 Å². The number of hydrogen-bond acceptors (Lipinski definition) is 4. The standard InChI is InChI=1S/C13H15FN2O3/c1-7-3-11(9(8(2)17)4-10(7)14)16-5-12(18)15-13(19)6-16/h3-4,8,17H,5-6H2,1-2H3,(H,15,18,19). The summed E-state index contributed by atoms with van der Waals surface area (Å²) in [6.07, 6.45) is -0.884. The van der Waals surface area contributed by atoms with Crippen LogP contribution in [0.15, 0.2) is 12.1 Å². The molecule has 2 amide bonds. The van der Waals surface area contributed by atoms with Gasteiger partial charge in [0.25, 0.3) is 0 Å². The maximum absolute atomic E-state index is 13.6. The Morgan fingerprint density at radius 3 is 2.42 bits per heavy atom. The third-order valence-electron chi connectivity index (χ3n) is 3.05. The first kappa shape index (κ1) is 13.5. The van der Waals surface area contributed by atoms with Crippen LogP contribution in [0.2, 0.25) is 0 Å². The Balaban J connectivity index is 2.45. The number of carbonyl (C=O) groups is 2. The summed E-state index contributed by atoms with van der Waals surface area (Å²) in [4.78, 5) is 24.3. The second kappa shape index (κ2) is 4.97. The zero-order chi connectivity index (χ0) is 14.2. The highest BCUT2D eigenvalue weighted by Crippen LogP contribution is 2.29. The summed E-state index contributed by atoms with van der Waals surface area (Å²) in [5, 5.41) is 11.9. The van der Waals surface area contributed by atoms with Crippen LogP contribution in [0.3, 0.4) is 0 Å². The number of nitrogens with zero attached hydrogens (tertiary/aromatic N) is 1. The molecule has 1 aromatic rings. The summed E-state index contributed by atoms with van der Waals surface area (Å²) in [5.41, 5.74) is 1.28. The van der Waals surface area contributed by atoms with E-state index in [1.54, 1.807) is 13.0 Å². The third kappa shape index (κ3) is 2.73. The summed E-state index contributed by atoms with van der Waals surface area (Å²) < 4.78 is 13.6. The largest absolute Gasteiger partial charge is 0.389 e. The first-order valence-electron chi connectivity index (χ1n) is 5.94. The average molecular weight is 266 g/mol. The van der Waals surface area contributed by atoms with E-state index in [9.17, 15) is 19.1 Å². The van der Waals surface area contributed by atoms with Gasteiger partial charge in [-0.1, -0.05) is 0 Å². The van der Waals surface area contributed by atoms with E-state index in [-0.39, 0.29) is 13.1 Å². The predicted octanol–water partition coefficient (Wildman–Crippen LogP) is 0.650. The molecule has 1 heterocycles. The van der Waals surface area contributed by atoms with Gasteiger partial charge in [0, 0.05) is 11.3 Å². The Kier molecular flexibility index (Phi) is 3.53. The van der Waals surface area contributed by atoms with Gasteiger partial charge < -0.3 is 10.0 Å². The number of hydrogen-bond donors (Lipinski definition) is 2. The quantitative estimate of drug-likeness (QED) is 0.771. The van der Waals surface area contributed by atoms with Crippen molar-refractivity contribution in [1.82, 2.24) is 5.32 Å². The number of amides is 2. The van der Waals surface area contributed by atoms with Gasteiger partial charge in [-0.25, -0.2) is 4.39 Å². The molecule has 1 aromatic carbocycles. The number of aliphatic hydroxyl groups is 1. The number of nitrogens with one attached hydrogen (secondary N) is 1. The number of piperazine rings is 1. The average Bonchev–Trinajstić information content (AvgIpc) is 2.30. The lowest BCUT2D eigenvalue weighted by Gasteiger charge is -2.30. The smallest absolute Gasteiger partial charge is 0.246 e. The van der Waals surface area contributed by atoms with E-state index < -0.39 is 23.7 Å². The van der Waals surface area contributed by atoms with Crippen molar-refractivity contribution >= 4 is 17.5 Å². The van der Waals surface area contributed by atoms with E-state index in [0.29, 0.717) is 16.8 Å². The highest BCUT2D eigenvalue weighted by atomic mass is 19.1. The Hall–Kier alpha value is -1.95. The molecule has 1 atom stereocenters. The van der Waals surface area contributed by atoms with Gasteiger partial charge in [-0.3, -0.25) is 14.9 Å². The van der Waals surface area contributed by atoms with Gasteiger partial charge in [-0.15, -0.1) is 0 Å². The highest BCUT2D eigenvalue weighted by molar-refractivity contribution is 6.02. The molecule has 0 aliphatic carbocycles. The van der Waals surface area contributed by atoms with Crippen LogP contribution in [0.1, 0.15) is 24.2 Å². The summed E-state index contributed by atoms with van der Waals surface area (Å²) >= 11 is 0. The van der Waals surface area contributed by atoms with Crippen LogP contribution in [0.4, 0.5) is 10.1 Å². The molecule has 1 saturated heterocycles. The normalized spacial score (nSPS) is 17.4. The molecule has 102 valence electrons. The molecular weight excluding hydrogens is 251 g/mol. The van der Waals surface area contributed by atoms with Gasteiger partial charge in [-0.2, -0.15) is 0 Å². The minimum atomic E-state index is -0.884. The lowest BCUT2D eigenvalue weighted by atomic mass is 10.0. The minimum absolute atomic E-state index is 0.0104. The maximum atomic E-state index is 13.6. The molecular formula is C13H15FN2O3. The van der Waals surface area contributed by atoms with E-state index in [1.165, 1.54) is 17.9 Å². The first-order valence-corrected chi connectivity index (χ1v) is 5.94. The van der Waals surface area contributed by atoms with Gasteiger partial charge in [0.2, 0.25) is 11.8 Å². The van der Waals surface area contributed by atoms with E-state index in [2.05, 4.69) is 5.32 Å². The molecule has 0 aromatic heterocycles. The van der Waals surface area contributed by atoms with Gasteiger partial charge in [0.05, 0.1) is 19.2 Å². The Bertz CT molecular complexity index is 527. The number of aryl methyl sites for hydroxylation is 1. The van der Waals surface area contributed by atoms with Crippen molar-refractivity contribution in [2.45, 2.75) is 20.0 Å². The minimum Gasteiger partial charge on any atom is -0.389 e. The topological polar surface area (TPSA) is 69.6 Å².